The predicted molar refractivity (Wildman–Crippen MR) is 91.1 cm³/mol. The van der Waals surface area contributed by atoms with Gasteiger partial charge in [0.1, 0.15) is 11.6 Å². The molecule has 2 aromatic rings. The highest BCUT2D eigenvalue weighted by Crippen LogP contribution is 2.05. The van der Waals surface area contributed by atoms with E-state index in [1.54, 1.807) is 4.72 Å². The Hall–Kier alpha value is -3.00. The molecule has 0 fully saturated rings. The summed E-state index contributed by atoms with van der Waals surface area (Å²) in [5, 5.41) is 0. The molecule has 8 heteroatoms. The van der Waals surface area contributed by atoms with Crippen molar-refractivity contribution in [1.82, 2.24) is 9.44 Å². The number of rotatable bonds is 6. The topological polar surface area (TPSA) is 75.3 Å². The molecule has 0 bridgehead atoms. The van der Waals surface area contributed by atoms with E-state index in [0.717, 1.165) is 12.3 Å². The highest BCUT2D eigenvalue weighted by atomic mass is 32.2. The molecule has 130 valence electrons. The van der Waals surface area contributed by atoms with Crippen LogP contribution in [-0.4, -0.2) is 14.3 Å². The second-order valence-corrected chi connectivity index (χ2v) is 6.30. The van der Waals surface area contributed by atoms with E-state index in [2.05, 4.69) is 0 Å². The summed E-state index contributed by atoms with van der Waals surface area (Å²) in [6.45, 7) is 0. The summed E-state index contributed by atoms with van der Waals surface area (Å²) in [5.41, 5.74) is 1.12. The zero-order chi connectivity index (χ0) is 18.3. The van der Waals surface area contributed by atoms with Crippen molar-refractivity contribution < 1.29 is 22.0 Å². The molecule has 0 heterocycles. The Balaban J connectivity index is 1.90. The van der Waals surface area contributed by atoms with Gasteiger partial charge in [-0.2, -0.15) is 8.42 Å². The van der Waals surface area contributed by atoms with Crippen LogP contribution >= 0.6 is 0 Å². The van der Waals surface area contributed by atoms with Crippen molar-refractivity contribution in [3.8, 4) is 0 Å². The lowest BCUT2D eigenvalue weighted by Gasteiger charge is -2.03. The zero-order valence-corrected chi connectivity index (χ0v) is 13.6. The van der Waals surface area contributed by atoms with Crippen LogP contribution in [0, 0.1) is 11.6 Å². The fraction of sp³-hybridized carbons (Fsp3) is 0. The van der Waals surface area contributed by atoms with Crippen LogP contribution in [0.25, 0.3) is 12.2 Å². The summed E-state index contributed by atoms with van der Waals surface area (Å²) in [6.07, 6.45) is 4.86. The molecule has 1 amide bonds. The van der Waals surface area contributed by atoms with E-state index in [4.69, 9.17) is 0 Å². The maximum Gasteiger partial charge on any atom is 0.323 e. The van der Waals surface area contributed by atoms with Crippen LogP contribution in [0.5, 0.6) is 0 Å². The highest BCUT2D eigenvalue weighted by molar-refractivity contribution is 7.88. The van der Waals surface area contributed by atoms with Crippen LogP contribution in [0.1, 0.15) is 11.1 Å². The van der Waals surface area contributed by atoms with Crippen LogP contribution in [0.15, 0.2) is 60.8 Å². The second kappa shape index (κ2) is 8.20. The number of nitrogens with one attached hydrogen (secondary N) is 2. The fourth-order valence-electron chi connectivity index (χ4n) is 1.74. The van der Waals surface area contributed by atoms with E-state index in [1.807, 2.05) is 4.72 Å². The Morgan fingerprint density at radius 2 is 1.32 bits per heavy atom. The average Bonchev–Trinajstić information content (AvgIpc) is 2.55. The molecule has 0 radical (unpaired) electrons. The van der Waals surface area contributed by atoms with Gasteiger partial charge >= 0.3 is 10.2 Å². The Morgan fingerprint density at radius 1 is 0.840 bits per heavy atom. The van der Waals surface area contributed by atoms with Gasteiger partial charge in [0.15, 0.2) is 0 Å². The minimum Gasteiger partial charge on any atom is -0.273 e. The van der Waals surface area contributed by atoms with Gasteiger partial charge in [-0.25, -0.2) is 13.5 Å². The zero-order valence-electron chi connectivity index (χ0n) is 12.8. The van der Waals surface area contributed by atoms with Crippen molar-refractivity contribution in [1.29, 1.82) is 0 Å². The number of halogens is 2. The first-order chi connectivity index (χ1) is 11.8. The van der Waals surface area contributed by atoms with Gasteiger partial charge < -0.3 is 0 Å². The van der Waals surface area contributed by atoms with Crippen molar-refractivity contribution in [2.45, 2.75) is 0 Å². The lowest BCUT2D eigenvalue weighted by Crippen LogP contribution is -2.36. The van der Waals surface area contributed by atoms with E-state index in [-0.39, 0.29) is 0 Å². The van der Waals surface area contributed by atoms with Crippen LogP contribution in [-0.2, 0) is 15.0 Å². The molecule has 0 aromatic heterocycles. The second-order valence-electron chi connectivity index (χ2n) is 4.86. The summed E-state index contributed by atoms with van der Waals surface area (Å²) >= 11 is 0. The molecule has 0 aliphatic carbocycles. The Kier molecular flexibility index (Phi) is 6.02. The number of hydrogen-bond acceptors (Lipinski definition) is 3. The molecular formula is C17H14F2N2O3S. The maximum atomic E-state index is 12.8. The molecule has 2 rings (SSSR count). The first-order valence-corrected chi connectivity index (χ1v) is 8.52. The number of hydrogen-bond donors (Lipinski definition) is 2. The van der Waals surface area contributed by atoms with E-state index in [0.29, 0.717) is 11.1 Å². The van der Waals surface area contributed by atoms with Crippen molar-refractivity contribution >= 4 is 28.3 Å². The SMILES string of the molecule is O=C(/C=C\c1ccc(F)cc1)NS(=O)(=O)N/C=C/c1ccc(F)cc1. The normalized spacial score (nSPS) is 11.8. The van der Waals surface area contributed by atoms with Crippen molar-refractivity contribution in [2.24, 2.45) is 0 Å². The number of benzene rings is 2. The Morgan fingerprint density at radius 3 is 1.84 bits per heavy atom. The smallest absolute Gasteiger partial charge is 0.273 e. The van der Waals surface area contributed by atoms with E-state index < -0.39 is 27.8 Å². The predicted octanol–water partition coefficient (Wildman–Crippen LogP) is 2.60. The molecule has 0 aliphatic heterocycles. The first-order valence-electron chi connectivity index (χ1n) is 7.04. The Labute approximate surface area is 143 Å². The van der Waals surface area contributed by atoms with Crippen molar-refractivity contribution in [3.63, 3.8) is 0 Å². The largest absolute Gasteiger partial charge is 0.323 e. The van der Waals surface area contributed by atoms with E-state index in [1.165, 1.54) is 60.7 Å². The van der Waals surface area contributed by atoms with Gasteiger partial charge in [-0.15, -0.1) is 0 Å². The molecular weight excluding hydrogens is 350 g/mol. The molecule has 2 aromatic carbocycles. The molecule has 0 aliphatic rings. The fourth-order valence-corrected chi connectivity index (χ4v) is 2.37. The van der Waals surface area contributed by atoms with Crippen LogP contribution in [0.3, 0.4) is 0 Å². The van der Waals surface area contributed by atoms with Crippen LogP contribution in [0.2, 0.25) is 0 Å². The summed E-state index contributed by atoms with van der Waals surface area (Å²) in [5.74, 6) is -1.69. The van der Waals surface area contributed by atoms with E-state index in [9.17, 15) is 22.0 Å². The molecule has 0 unspecified atom stereocenters. The summed E-state index contributed by atoms with van der Waals surface area (Å²) in [4.78, 5) is 11.6. The van der Waals surface area contributed by atoms with Crippen molar-refractivity contribution in [2.75, 3.05) is 0 Å². The van der Waals surface area contributed by atoms with Gasteiger partial charge in [0.25, 0.3) is 5.91 Å². The third-order valence-corrected chi connectivity index (χ3v) is 3.82. The quantitative estimate of drug-likeness (QED) is 0.774. The molecule has 25 heavy (non-hydrogen) atoms. The average molecular weight is 364 g/mol. The lowest BCUT2D eigenvalue weighted by molar-refractivity contribution is -0.114. The molecule has 0 atom stereocenters. The van der Waals surface area contributed by atoms with Gasteiger partial charge in [-0.1, -0.05) is 24.3 Å². The van der Waals surface area contributed by atoms with Crippen LogP contribution in [0.4, 0.5) is 8.78 Å². The lowest BCUT2D eigenvalue weighted by atomic mass is 10.2. The molecule has 0 spiro atoms. The van der Waals surface area contributed by atoms with Gasteiger partial charge in [0.2, 0.25) is 0 Å². The number of amides is 1. The third-order valence-electron chi connectivity index (χ3n) is 2.90. The minimum atomic E-state index is -4.09. The van der Waals surface area contributed by atoms with E-state index >= 15 is 0 Å². The number of carbonyl (C=O) groups is 1. The molecule has 2 N–H and O–H groups in total. The summed E-state index contributed by atoms with van der Waals surface area (Å²) in [7, 11) is -4.09. The summed E-state index contributed by atoms with van der Waals surface area (Å²) in [6, 6.07) is 10.7. The minimum absolute atomic E-state index is 0.405. The van der Waals surface area contributed by atoms with Crippen LogP contribution < -0.4 is 9.44 Å². The first kappa shape index (κ1) is 18.3. The van der Waals surface area contributed by atoms with Gasteiger partial charge in [-0.05, 0) is 47.5 Å². The standard InChI is InChI=1S/C17H14F2N2O3S/c18-15-6-1-13(2-7-15)5-10-17(22)21-25(23,24)20-12-11-14-3-8-16(19)9-4-14/h1-12,20H,(H,21,22)/b10-5-,12-11+. The Bertz CT molecular complexity index is 890. The van der Waals surface area contributed by atoms with Gasteiger partial charge in [0.05, 0.1) is 0 Å². The monoisotopic (exact) mass is 364 g/mol. The molecule has 0 saturated heterocycles. The van der Waals surface area contributed by atoms with Crippen molar-refractivity contribution in [3.05, 3.63) is 83.6 Å². The maximum absolute atomic E-state index is 12.8. The summed E-state index contributed by atoms with van der Waals surface area (Å²) < 4.78 is 52.7. The highest BCUT2D eigenvalue weighted by Gasteiger charge is 2.09. The molecule has 0 saturated carbocycles. The number of carbonyl (C=O) groups excluding carboxylic acids is 1. The van der Waals surface area contributed by atoms with Gasteiger partial charge in [0, 0.05) is 12.3 Å². The molecule has 5 nitrogen and oxygen atoms in total. The third kappa shape index (κ3) is 6.56. The van der Waals surface area contributed by atoms with Gasteiger partial charge in [-0.3, -0.25) is 9.52 Å².